The minimum absolute atomic E-state index is 0.000957. The lowest BCUT2D eigenvalue weighted by molar-refractivity contribution is 0.335. The SMILES string of the molecule is CC1C=CC2=C(C1)C(C)(C)c1ccccc1N2C1=CC2C(C=C1)c1ccc(C=Cc3ccc4c(c3)C(C)(C)c3cc(N5c6ccccc6C(C)(C)c6ccccc65)ccc3-4)cc1C21CCCC1. The maximum atomic E-state index is 2.70. The monoisotopic (exact) mass is 870 g/mol. The first kappa shape index (κ1) is 40.9. The number of fused-ring (bicyclic) bond motifs is 11. The minimum atomic E-state index is -0.145. The molecule has 332 valence electrons. The average molecular weight is 871 g/mol. The predicted molar refractivity (Wildman–Crippen MR) is 282 cm³/mol. The molecule has 3 atom stereocenters. The van der Waals surface area contributed by atoms with Crippen LogP contribution in [0.5, 0.6) is 0 Å². The van der Waals surface area contributed by atoms with E-state index >= 15 is 0 Å². The van der Waals surface area contributed by atoms with Crippen LogP contribution in [0.15, 0.2) is 175 Å². The standard InChI is InChI=1S/C65H62N2/c1-41-22-33-61-57(36-41)63(4,5)52-18-10-13-21-60(52)67(61)45-28-32-49-48-30-26-43(38-55(48)65(56(49)40-45)34-14-15-35-65)24-23-42-25-29-46-47-31-27-44(39-54(47)64(6,7)53(46)37-42)66-58-19-11-8-16-50(58)62(2,3)51-17-9-12-20-59(51)66/h8-13,16-33,37-41,49,56H,14-15,34-36H2,1-7H3. The number of hydrogen-bond acceptors (Lipinski definition) is 2. The quantitative estimate of drug-likeness (QED) is 0.163. The van der Waals surface area contributed by atoms with Gasteiger partial charge in [-0.05, 0) is 140 Å². The fraction of sp³-hybridized carbons (Fsp3) is 0.292. The van der Waals surface area contributed by atoms with Gasteiger partial charge in [0.1, 0.15) is 0 Å². The van der Waals surface area contributed by atoms with Crippen molar-refractivity contribution >= 4 is 34.9 Å². The summed E-state index contributed by atoms with van der Waals surface area (Å²) in [7, 11) is 0. The molecule has 2 aliphatic heterocycles. The second-order valence-corrected chi connectivity index (χ2v) is 22.6. The van der Waals surface area contributed by atoms with Crippen LogP contribution in [-0.4, -0.2) is 0 Å². The van der Waals surface area contributed by atoms with Gasteiger partial charge in [0.25, 0.3) is 0 Å². The van der Waals surface area contributed by atoms with Gasteiger partial charge in [0.15, 0.2) is 0 Å². The van der Waals surface area contributed by atoms with Crippen LogP contribution < -0.4 is 9.80 Å². The largest absolute Gasteiger partial charge is 0.311 e. The highest BCUT2D eigenvalue weighted by atomic mass is 15.2. The number of anilines is 4. The van der Waals surface area contributed by atoms with Crippen molar-refractivity contribution in [2.24, 2.45) is 11.8 Å². The summed E-state index contributed by atoms with van der Waals surface area (Å²) in [4.78, 5) is 5.11. The lowest BCUT2D eigenvalue weighted by Crippen LogP contribution is -2.38. The number of hydrogen-bond donors (Lipinski definition) is 0. The second kappa shape index (κ2) is 14.3. The number of nitrogens with zero attached hydrogens (tertiary/aromatic N) is 2. The molecule has 0 N–H and O–H groups in total. The molecule has 2 nitrogen and oxygen atoms in total. The van der Waals surface area contributed by atoms with Crippen molar-refractivity contribution in [1.82, 2.24) is 0 Å². The normalized spacial score (nSPS) is 23.6. The van der Waals surface area contributed by atoms with E-state index in [2.05, 4.69) is 228 Å². The van der Waals surface area contributed by atoms with E-state index in [0.29, 0.717) is 17.8 Å². The molecular formula is C65H62N2. The molecule has 1 spiro atoms. The lowest BCUT2D eigenvalue weighted by atomic mass is 9.68. The van der Waals surface area contributed by atoms with Crippen LogP contribution in [0.1, 0.15) is 137 Å². The van der Waals surface area contributed by atoms with Gasteiger partial charge in [0, 0.05) is 44.7 Å². The molecule has 67 heavy (non-hydrogen) atoms. The summed E-state index contributed by atoms with van der Waals surface area (Å²) in [6.45, 7) is 16.8. The molecule has 3 unspecified atom stereocenters. The second-order valence-electron chi connectivity index (χ2n) is 22.6. The molecule has 0 saturated heterocycles. The first-order chi connectivity index (χ1) is 32.4. The van der Waals surface area contributed by atoms with E-state index in [1.165, 1.54) is 110 Å². The highest BCUT2D eigenvalue weighted by Crippen LogP contribution is 2.62. The average Bonchev–Trinajstić information content (AvgIpc) is 4.00. The van der Waals surface area contributed by atoms with E-state index in [1.807, 2.05) is 0 Å². The van der Waals surface area contributed by atoms with Crippen molar-refractivity contribution in [2.45, 2.75) is 108 Å². The third-order valence-corrected chi connectivity index (χ3v) is 17.9. The Morgan fingerprint density at radius 2 is 1.07 bits per heavy atom. The number of rotatable bonds is 4. The molecule has 0 radical (unpaired) electrons. The fourth-order valence-corrected chi connectivity index (χ4v) is 14.3. The molecule has 1 saturated carbocycles. The molecule has 6 aromatic rings. The van der Waals surface area contributed by atoms with Crippen LogP contribution in [0.3, 0.4) is 0 Å². The fourth-order valence-electron chi connectivity index (χ4n) is 14.3. The Balaban J connectivity index is 0.815. The Hall–Kier alpha value is -6.38. The summed E-state index contributed by atoms with van der Waals surface area (Å²) < 4.78 is 0. The molecular weight excluding hydrogens is 809 g/mol. The van der Waals surface area contributed by atoms with Gasteiger partial charge in [-0.25, -0.2) is 0 Å². The van der Waals surface area contributed by atoms with Crippen molar-refractivity contribution in [1.29, 1.82) is 0 Å². The highest BCUT2D eigenvalue weighted by molar-refractivity contribution is 5.90. The number of para-hydroxylation sites is 3. The van der Waals surface area contributed by atoms with E-state index in [4.69, 9.17) is 0 Å². The molecule has 13 rings (SSSR count). The summed E-state index contributed by atoms with van der Waals surface area (Å²) in [6, 6.07) is 48.9. The molecule has 0 amide bonds. The van der Waals surface area contributed by atoms with Crippen LogP contribution in [0.2, 0.25) is 0 Å². The van der Waals surface area contributed by atoms with Gasteiger partial charge in [-0.2, -0.15) is 0 Å². The van der Waals surface area contributed by atoms with E-state index in [0.717, 1.165) is 6.42 Å². The zero-order chi connectivity index (χ0) is 45.6. The van der Waals surface area contributed by atoms with Gasteiger partial charge in [-0.3, -0.25) is 0 Å². The summed E-state index contributed by atoms with van der Waals surface area (Å²) in [5.74, 6) is 1.42. The molecule has 2 heteroatoms. The van der Waals surface area contributed by atoms with Crippen molar-refractivity contribution in [2.75, 3.05) is 9.80 Å². The van der Waals surface area contributed by atoms with Crippen LogP contribution >= 0.6 is 0 Å². The van der Waals surface area contributed by atoms with Gasteiger partial charge in [0.05, 0.1) is 17.1 Å². The summed E-state index contributed by atoms with van der Waals surface area (Å²) in [6.07, 6.45) is 23.6. The van der Waals surface area contributed by atoms with Crippen molar-refractivity contribution < 1.29 is 0 Å². The van der Waals surface area contributed by atoms with Gasteiger partial charge >= 0.3 is 0 Å². The van der Waals surface area contributed by atoms with Gasteiger partial charge in [-0.1, -0.05) is 189 Å². The predicted octanol–water partition coefficient (Wildman–Crippen LogP) is 16.9. The Labute approximate surface area is 398 Å². The summed E-state index contributed by atoms with van der Waals surface area (Å²) in [5.41, 5.74) is 24.7. The zero-order valence-electron chi connectivity index (χ0n) is 40.3. The topological polar surface area (TPSA) is 6.48 Å². The summed E-state index contributed by atoms with van der Waals surface area (Å²) in [5, 5.41) is 0. The Bertz CT molecular complexity index is 3190. The minimum Gasteiger partial charge on any atom is -0.311 e. The van der Waals surface area contributed by atoms with Crippen LogP contribution in [-0.2, 0) is 21.7 Å². The maximum absolute atomic E-state index is 2.70. The van der Waals surface area contributed by atoms with Crippen molar-refractivity contribution in [3.63, 3.8) is 0 Å². The van der Waals surface area contributed by atoms with E-state index in [9.17, 15) is 0 Å². The molecule has 7 aliphatic rings. The Morgan fingerprint density at radius 1 is 0.522 bits per heavy atom. The van der Waals surface area contributed by atoms with Gasteiger partial charge in [0.2, 0.25) is 0 Å². The summed E-state index contributed by atoms with van der Waals surface area (Å²) >= 11 is 0. The number of benzene rings is 6. The van der Waals surface area contributed by atoms with Gasteiger partial charge < -0.3 is 9.80 Å². The Morgan fingerprint density at radius 3 is 1.75 bits per heavy atom. The van der Waals surface area contributed by atoms with Crippen molar-refractivity contribution in [3.05, 3.63) is 225 Å². The zero-order valence-corrected chi connectivity index (χ0v) is 40.3. The third-order valence-electron chi connectivity index (χ3n) is 17.9. The maximum Gasteiger partial charge on any atom is 0.0502 e. The molecule has 2 heterocycles. The molecule has 0 bridgehead atoms. The molecule has 6 aromatic carbocycles. The van der Waals surface area contributed by atoms with E-state index in [-0.39, 0.29) is 21.7 Å². The number of allylic oxidation sites excluding steroid dienone is 6. The lowest BCUT2D eigenvalue weighted by Gasteiger charge is -2.46. The third kappa shape index (κ3) is 5.74. The van der Waals surface area contributed by atoms with Crippen LogP contribution in [0, 0.1) is 11.8 Å². The van der Waals surface area contributed by atoms with Crippen molar-refractivity contribution in [3.8, 4) is 11.1 Å². The van der Waals surface area contributed by atoms with E-state index in [1.54, 1.807) is 16.7 Å². The first-order valence-corrected chi connectivity index (χ1v) is 25.2. The smallest absolute Gasteiger partial charge is 0.0502 e. The van der Waals surface area contributed by atoms with Gasteiger partial charge in [-0.15, -0.1) is 0 Å². The van der Waals surface area contributed by atoms with Crippen LogP contribution in [0.4, 0.5) is 22.7 Å². The molecule has 5 aliphatic carbocycles. The van der Waals surface area contributed by atoms with E-state index < -0.39 is 0 Å². The Kier molecular flexibility index (Phi) is 8.73. The first-order valence-electron chi connectivity index (χ1n) is 25.2. The molecule has 0 aromatic heterocycles. The highest BCUT2D eigenvalue weighted by Gasteiger charge is 2.53. The van der Waals surface area contributed by atoms with Crippen LogP contribution in [0.25, 0.3) is 23.3 Å². The molecule has 1 fully saturated rings.